The number of esters is 1. The first-order valence-electron chi connectivity index (χ1n) is 5.53. The van der Waals surface area contributed by atoms with Crippen molar-refractivity contribution in [1.29, 1.82) is 0 Å². The number of hydrogen-bond donors (Lipinski definition) is 1. The Kier molecular flexibility index (Phi) is 4.46. The maximum Gasteiger partial charge on any atom is 0.319 e. The molecule has 0 saturated heterocycles. The number of rotatable bonds is 3. The van der Waals surface area contributed by atoms with Crippen LogP contribution in [0.2, 0.25) is 0 Å². The van der Waals surface area contributed by atoms with Crippen LogP contribution < -0.4 is 5.73 Å². The van der Waals surface area contributed by atoms with Gasteiger partial charge in [0.05, 0.1) is 0 Å². The van der Waals surface area contributed by atoms with E-state index in [0.717, 1.165) is 4.90 Å². The van der Waals surface area contributed by atoms with E-state index in [4.69, 9.17) is 10.5 Å². The number of para-hydroxylation sites is 1. The first-order valence-corrected chi connectivity index (χ1v) is 6.41. The Bertz CT molecular complexity index is 399. The first kappa shape index (κ1) is 13.9. The van der Waals surface area contributed by atoms with Crippen LogP contribution in [-0.2, 0) is 9.53 Å². The fourth-order valence-electron chi connectivity index (χ4n) is 1.21. The smallest absolute Gasteiger partial charge is 0.319 e. The number of hydrogen-bond acceptors (Lipinski definition) is 4. The van der Waals surface area contributed by atoms with Gasteiger partial charge in [-0.1, -0.05) is 12.1 Å². The van der Waals surface area contributed by atoms with Gasteiger partial charge >= 0.3 is 5.97 Å². The van der Waals surface area contributed by atoms with Crippen molar-refractivity contribution in [1.82, 2.24) is 0 Å². The third-order valence-corrected chi connectivity index (χ3v) is 3.13. The van der Waals surface area contributed by atoms with Crippen LogP contribution in [0.5, 0.6) is 0 Å². The van der Waals surface area contributed by atoms with Gasteiger partial charge in [0.1, 0.15) is 10.9 Å². The van der Waals surface area contributed by atoms with Crippen LogP contribution in [0.25, 0.3) is 0 Å². The van der Waals surface area contributed by atoms with Gasteiger partial charge in [-0.3, -0.25) is 4.79 Å². The van der Waals surface area contributed by atoms with E-state index in [-0.39, 0.29) is 11.2 Å². The van der Waals surface area contributed by atoms with Gasteiger partial charge in [0.15, 0.2) is 0 Å². The molecule has 0 aliphatic rings. The van der Waals surface area contributed by atoms with Crippen molar-refractivity contribution in [3.8, 4) is 0 Å². The van der Waals surface area contributed by atoms with Crippen molar-refractivity contribution in [2.24, 2.45) is 0 Å². The summed E-state index contributed by atoms with van der Waals surface area (Å²) < 4.78 is 5.31. The molecule has 0 spiro atoms. The Labute approximate surface area is 107 Å². The Morgan fingerprint density at radius 1 is 1.35 bits per heavy atom. The lowest BCUT2D eigenvalue weighted by atomic mass is 10.2. The molecule has 1 unspecified atom stereocenters. The van der Waals surface area contributed by atoms with E-state index in [9.17, 15) is 4.79 Å². The lowest BCUT2D eigenvalue weighted by molar-refractivity contribution is -0.153. The van der Waals surface area contributed by atoms with Gasteiger partial charge in [-0.25, -0.2) is 0 Å². The van der Waals surface area contributed by atoms with Crippen LogP contribution >= 0.6 is 11.8 Å². The molecule has 0 heterocycles. The summed E-state index contributed by atoms with van der Waals surface area (Å²) in [6.45, 7) is 7.41. The summed E-state index contributed by atoms with van der Waals surface area (Å²) in [5.41, 5.74) is 6.06. The van der Waals surface area contributed by atoms with E-state index >= 15 is 0 Å². The molecule has 0 fully saturated rings. The molecule has 1 rings (SSSR count). The molecule has 0 amide bonds. The predicted molar refractivity (Wildman–Crippen MR) is 72.0 cm³/mol. The molecular weight excluding hydrogens is 234 g/mol. The maximum atomic E-state index is 11.8. The molecule has 0 aromatic heterocycles. The van der Waals surface area contributed by atoms with Gasteiger partial charge in [0.25, 0.3) is 0 Å². The molecule has 1 atom stereocenters. The highest BCUT2D eigenvalue weighted by Gasteiger charge is 2.22. The Morgan fingerprint density at radius 3 is 2.47 bits per heavy atom. The third kappa shape index (κ3) is 4.69. The number of nitrogen functional groups attached to an aromatic ring is 1. The highest BCUT2D eigenvalue weighted by atomic mass is 32.2. The van der Waals surface area contributed by atoms with Crippen LogP contribution in [0.3, 0.4) is 0 Å². The van der Waals surface area contributed by atoms with Crippen LogP contribution in [0.1, 0.15) is 27.7 Å². The summed E-state index contributed by atoms with van der Waals surface area (Å²) in [5.74, 6) is -0.217. The van der Waals surface area contributed by atoms with Gasteiger partial charge in [-0.15, -0.1) is 11.8 Å². The molecule has 0 radical (unpaired) electrons. The maximum absolute atomic E-state index is 11.8. The zero-order chi connectivity index (χ0) is 13.1. The summed E-state index contributed by atoms with van der Waals surface area (Å²) in [7, 11) is 0. The topological polar surface area (TPSA) is 52.3 Å². The summed E-state index contributed by atoms with van der Waals surface area (Å²) in [6.07, 6.45) is 0. The molecule has 0 aliphatic heterocycles. The number of benzene rings is 1. The molecular formula is C13H19NO2S. The fourth-order valence-corrected chi connectivity index (χ4v) is 2.10. The average molecular weight is 253 g/mol. The van der Waals surface area contributed by atoms with E-state index < -0.39 is 5.60 Å². The normalized spacial score (nSPS) is 13.2. The second kappa shape index (κ2) is 5.45. The van der Waals surface area contributed by atoms with E-state index in [0.29, 0.717) is 5.69 Å². The summed E-state index contributed by atoms with van der Waals surface area (Å²) >= 11 is 1.42. The highest BCUT2D eigenvalue weighted by molar-refractivity contribution is 8.00. The van der Waals surface area contributed by atoms with Crippen LogP contribution in [-0.4, -0.2) is 16.8 Å². The number of nitrogens with two attached hydrogens (primary N) is 1. The van der Waals surface area contributed by atoms with E-state index in [1.807, 2.05) is 52.0 Å². The Hall–Kier alpha value is -1.16. The van der Waals surface area contributed by atoms with Crippen LogP contribution in [0.15, 0.2) is 29.2 Å². The quantitative estimate of drug-likeness (QED) is 0.511. The molecule has 0 aliphatic carbocycles. The van der Waals surface area contributed by atoms with E-state index in [1.165, 1.54) is 11.8 Å². The van der Waals surface area contributed by atoms with Crippen LogP contribution in [0, 0.1) is 0 Å². The lowest BCUT2D eigenvalue weighted by Crippen LogP contribution is -2.28. The largest absolute Gasteiger partial charge is 0.459 e. The summed E-state index contributed by atoms with van der Waals surface area (Å²) in [5, 5.41) is -0.265. The van der Waals surface area contributed by atoms with E-state index in [1.54, 1.807) is 0 Å². The number of thioether (sulfide) groups is 1. The second-order valence-electron chi connectivity index (χ2n) is 4.83. The number of carbonyl (C=O) groups is 1. The van der Waals surface area contributed by atoms with Crippen molar-refractivity contribution in [3.05, 3.63) is 24.3 Å². The predicted octanol–water partition coefficient (Wildman–Crippen LogP) is 3.09. The van der Waals surface area contributed by atoms with Crippen molar-refractivity contribution in [2.75, 3.05) is 5.73 Å². The molecule has 17 heavy (non-hydrogen) atoms. The van der Waals surface area contributed by atoms with Crippen molar-refractivity contribution in [2.45, 2.75) is 43.4 Å². The zero-order valence-corrected chi connectivity index (χ0v) is 11.5. The zero-order valence-electron chi connectivity index (χ0n) is 10.7. The third-order valence-electron chi connectivity index (χ3n) is 1.96. The Balaban J connectivity index is 2.64. The standard InChI is InChI=1S/C13H19NO2S/c1-9(12(15)16-13(2,3)4)17-11-8-6-5-7-10(11)14/h5-9H,14H2,1-4H3. The van der Waals surface area contributed by atoms with Gasteiger partial charge < -0.3 is 10.5 Å². The van der Waals surface area contributed by atoms with Crippen molar-refractivity contribution >= 4 is 23.4 Å². The molecule has 94 valence electrons. The molecule has 1 aromatic carbocycles. The van der Waals surface area contributed by atoms with Crippen LogP contribution in [0.4, 0.5) is 5.69 Å². The van der Waals surface area contributed by atoms with Gasteiger partial charge in [0, 0.05) is 10.6 Å². The molecule has 0 bridgehead atoms. The number of anilines is 1. The highest BCUT2D eigenvalue weighted by Crippen LogP contribution is 2.29. The number of carbonyl (C=O) groups excluding carboxylic acids is 1. The second-order valence-corrected chi connectivity index (χ2v) is 6.21. The summed E-state index contributed by atoms with van der Waals surface area (Å²) in [6, 6.07) is 7.50. The minimum atomic E-state index is -0.450. The number of ether oxygens (including phenoxy) is 1. The van der Waals surface area contributed by atoms with Gasteiger partial charge in [0.2, 0.25) is 0 Å². The lowest BCUT2D eigenvalue weighted by Gasteiger charge is -2.22. The molecule has 0 saturated carbocycles. The monoisotopic (exact) mass is 253 g/mol. The minimum Gasteiger partial charge on any atom is -0.459 e. The van der Waals surface area contributed by atoms with E-state index in [2.05, 4.69) is 0 Å². The van der Waals surface area contributed by atoms with Gasteiger partial charge in [-0.05, 0) is 39.8 Å². The fraction of sp³-hybridized carbons (Fsp3) is 0.462. The minimum absolute atomic E-state index is 0.217. The van der Waals surface area contributed by atoms with Crippen molar-refractivity contribution < 1.29 is 9.53 Å². The van der Waals surface area contributed by atoms with Crippen molar-refractivity contribution in [3.63, 3.8) is 0 Å². The van der Waals surface area contributed by atoms with Gasteiger partial charge in [-0.2, -0.15) is 0 Å². The summed E-state index contributed by atoms with van der Waals surface area (Å²) in [4.78, 5) is 12.7. The molecule has 2 N–H and O–H groups in total. The first-order chi connectivity index (χ1) is 7.79. The average Bonchev–Trinajstić information content (AvgIpc) is 2.18. The molecule has 4 heteroatoms. The Morgan fingerprint density at radius 2 is 1.94 bits per heavy atom. The molecule has 3 nitrogen and oxygen atoms in total. The molecule has 1 aromatic rings. The SMILES string of the molecule is CC(Sc1ccccc1N)C(=O)OC(C)(C)C.